The number of hydrogen-bond acceptors (Lipinski definition) is 5. The second kappa shape index (κ2) is 11.9. The molecule has 186 valence electrons. The lowest BCUT2D eigenvalue weighted by molar-refractivity contribution is -0.136. The van der Waals surface area contributed by atoms with Gasteiger partial charge in [0.15, 0.2) is 0 Å². The summed E-state index contributed by atoms with van der Waals surface area (Å²) in [5.41, 5.74) is 3.76. The number of carboxylic acid groups (broad SMARTS) is 1. The first-order valence-corrected chi connectivity index (χ1v) is 12.2. The lowest BCUT2D eigenvalue weighted by atomic mass is 9.81. The summed E-state index contributed by atoms with van der Waals surface area (Å²) in [6.45, 7) is 0.738. The topological polar surface area (TPSA) is 83.7 Å². The van der Waals surface area contributed by atoms with E-state index in [4.69, 9.17) is 14.3 Å². The zero-order chi connectivity index (χ0) is 24.6. The van der Waals surface area contributed by atoms with E-state index in [1.807, 2.05) is 24.3 Å². The van der Waals surface area contributed by atoms with Crippen LogP contribution in [0.15, 0.2) is 59.0 Å². The molecule has 1 unspecified atom stereocenters. The standard InChI is InChI=1S/C28H33FN2O4/c1-34-18-26-24(17-25(35-26)19-7-9-21(29)10-8-19)28(20-5-3-2-4-6-20)31-23-13-11-22(12-14-23)30-16-15-27(32)33/h7-14,17,20,28,30-31H,2-6,15-16,18H2,1H3,(H,32,33). The largest absolute Gasteiger partial charge is 0.481 e. The number of hydrogen-bond donors (Lipinski definition) is 3. The Balaban J connectivity index is 1.60. The maximum Gasteiger partial charge on any atom is 0.305 e. The summed E-state index contributed by atoms with van der Waals surface area (Å²) in [7, 11) is 1.66. The average Bonchev–Trinajstić information content (AvgIpc) is 3.28. The van der Waals surface area contributed by atoms with E-state index in [1.54, 1.807) is 19.2 Å². The molecule has 3 aromatic rings. The highest BCUT2D eigenvalue weighted by molar-refractivity contribution is 5.67. The number of methoxy groups -OCH3 is 1. The van der Waals surface area contributed by atoms with Gasteiger partial charge >= 0.3 is 5.97 Å². The second-order valence-corrected chi connectivity index (χ2v) is 9.10. The van der Waals surface area contributed by atoms with Gasteiger partial charge in [0.25, 0.3) is 0 Å². The molecule has 1 aliphatic rings. The Morgan fingerprint density at radius 1 is 1.09 bits per heavy atom. The van der Waals surface area contributed by atoms with Crippen LogP contribution in [0.3, 0.4) is 0 Å². The van der Waals surface area contributed by atoms with E-state index in [0.717, 1.165) is 41.1 Å². The number of furan rings is 1. The summed E-state index contributed by atoms with van der Waals surface area (Å²) in [6.07, 6.45) is 6.01. The highest BCUT2D eigenvalue weighted by Gasteiger charge is 2.29. The molecule has 1 aromatic heterocycles. The number of ether oxygens (including phenoxy) is 1. The first kappa shape index (κ1) is 24.8. The predicted molar refractivity (Wildman–Crippen MR) is 135 cm³/mol. The molecule has 1 heterocycles. The molecule has 1 saturated carbocycles. The first-order valence-electron chi connectivity index (χ1n) is 12.2. The zero-order valence-corrected chi connectivity index (χ0v) is 20.1. The van der Waals surface area contributed by atoms with E-state index in [-0.39, 0.29) is 18.3 Å². The van der Waals surface area contributed by atoms with Crippen LogP contribution in [-0.4, -0.2) is 24.7 Å². The van der Waals surface area contributed by atoms with Gasteiger partial charge in [-0.2, -0.15) is 0 Å². The molecule has 35 heavy (non-hydrogen) atoms. The van der Waals surface area contributed by atoms with Crippen LogP contribution in [0.1, 0.15) is 55.9 Å². The summed E-state index contributed by atoms with van der Waals surface area (Å²) in [5, 5.41) is 15.7. The van der Waals surface area contributed by atoms with Crippen molar-refractivity contribution < 1.29 is 23.4 Å². The quantitative estimate of drug-likeness (QED) is 0.278. The van der Waals surface area contributed by atoms with Gasteiger partial charge in [0.2, 0.25) is 0 Å². The molecule has 4 rings (SSSR count). The Morgan fingerprint density at radius 2 is 1.77 bits per heavy atom. The number of carboxylic acids is 1. The van der Waals surface area contributed by atoms with Crippen molar-refractivity contribution in [2.75, 3.05) is 24.3 Å². The highest BCUT2D eigenvalue weighted by atomic mass is 19.1. The van der Waals surface area contributed by atoms with Crippen LogP contribution < -0.4 is 10.6 Å². The lowest BCUT2D eigenvalue weighted by Gasteiger charge is -2.32. The van der Waals surface area contributed by atoms with Crippen LogP contribution in [-0.2, 0) is 16.1 Å². The summed E-state index contributed by atoms with van der Waals surface area (Å²) in [5.74, 6) is 0.833. The maximum absolute atomic E-state index is 13.5. The van der Waals surface area contributed by atoms with Gasteiger partial charge in [0, 0.05) is 36.2 Å². The minimum atomic E-state index is -0.821. The van der Waals surface area contributed by atoms with Crippen molar-refractivity contribution in [3.8, 4) is 11.3 Å². The Morgan fingerprint density at radius 3 is 2.43 bits per heavy atom. The maximum atomic E-state index is 13.5. The number of rotatable bonds is 11. The average molecular weight is 481 g/mol. The number of benzene rings is 2. The van der Waals surface area contributed by atoms with Gasteiger partial charge < -0.3 is 24.9 Å². The Labute approximate surface area is 205 Å². The third kappa shape index (κ3) is 6.63. The summed E-state index contributed by atoms with van der Waals surface area (Å²) >= 11 is 0. The Kier molecular flexibility index (Phi) is 8.42. The molecule has 0 aliphatic heterocycles. The molecule has 1 fully saturated rings. The lowest BCUT2D eigenvalue weighted by Crippen LogP contribution is -2.24. The minimum Gasteiger partial charge on any atom is -0.481 e. The number of nitrogens with one attached hydrogen (secondary N) is 2. The normalized spacial score (nSPS) is 15.0. The van der Waals surface area contributed by atoms with E-state index < -0.39 is 5.97 Å². The molecule has 7 heteroatoms. The molecule has 0 bridgehead atoms. The minimum absolute atomic E-state index is 0.0456. The van der Waals surface area contributed by atoms with Crippen LogP contribution in [0.5, 0.6) is 0 Å². The molecule has 0 saturated heterocycles. The van der Waals surface area contributed by atoms with E-state index in [2.05, 4.69) is 16.7 Å². The second-order valence-electron chi connectivity index (χ2n) is 9.10. The van der Waals surface area contributed by atoms with Crippen LogP contribution >= 0.6 is 0 Å². The molecule has 0 amide bonds. The van der Waals surface area contributed by atoms with E-state index in [1.165, 1.54) is 31.4 Å². The van der Waals surface area contributed by atoms with Crippen molar-refractivity contribution in [3.05, 3.63) is 71.7 Å². The summed E-state index contributed by atoms with van der Waals surface area (Å²) in [6, 6.07) is 16.4. The molecule has 1 atom stereocenters. The van der Waals surface area contributed by atoms with Crippen molar-refractivity contribution in [3.63, 3.8) is 0 Å². The number of carbonyl (C=O) groups is 1. The van der Waals surface area contributed by atoms with Crippen LogP contribution in [0.4, 0.5) is 15.8 Å². The molecular formula is C28H33FN2O4. The molecule has 2 aromatic carbocycles. The Bertz CT molecular complexity index is 1090. The number of halogens is 1. The molecule has 6 nitrogen and oxygen atoms in total. The third-order valence-corrected chi connectivity index (χ3v) is 6.58. The smallest absolute Gasteiger partial charge is 0.305 e. The van der Waals surface area contributed by atoms with E-state index in [9.17, 15) is 9.18 Å². The molecule has 0 spiro atoms. The molecule has 0 radical (unpaired) electrons. The fourth-order valence-electron chi connectivity index (χ4n) is 4.80. The fraction of sp³-hybridized carbons (Fsp3) is 0.393. The van der Waals surface area contributed by atoms with Crippen LogP contribution in [0.25, 0.3) is 11.3 Å². The van der Waals surface area contributed by atoms with E-state index >= 15 is 0 Å². The molecule has 1 aliphatic carbocycles. The van der Waals surface area contributed by atoms with Crippen LogP contribution in [0.2, 0.25) is 0 Å². The molecule has 3 N–H and O–H groups in total. The molecular weight excluding hydrogens is 447 g/mol. The zero-order valence-electron chi connectivity index (χ0n) is 20.1. The highest BCUT2D eigenvalue weighted by Crippen LogP contribution is 2.41. The van der Waals surface area contributed by atoms with Crippen molar-refractivity contribution in [1.82, 2.24) is 0 Å². The van der Waals surface area contributed by atoms with Gasteiger partial charge in [-0.25, -0.2) is 4.39 Å². The SMILES string of the molecule is COCc1oc(-c2ccc(F)cc2)cc1C(Nc1ccc(NCCC(=O)O)cc1)C1CCCCC1. The summed E-state index contributed by atoms with van der Waals surface area (Å²) < 4.78 is 25.2. The van der Waals surface area contributed by atoms with Crippen molar-refractivity contribution >= 4 is 17.3 Å². The Hall–Kier alpha value is -3.32. The van der Waals surface area contributed by atoms with E-state index in [0.29, 0.717) is 24.8 Å². The van der Waals surface area contributed by atoms with Crippen LogP contribution in [0, 0.1) is 11.7 Å². The van der Waals surface area contributed by atoms with Gasteiger partial charge in [-0.1, -0.05) is 19.3 Å². The van der Waals surface area contributed by atoms with Gasteiger partial charge in [-0.05, 0) is 73.4 Å². The number of anilines is 2. The first-order chi connectivity index (χ1) is 17.0. The van der Waals surface area contributed by atoms with Gasteiger partial charge in [-0.15, -0.1) is 0 Å². The van der Waals surface area contributed by atoms with Crippen molar-refractivity contribution in [1.29, 1.82) is 0 Å². The third-order valence-electron chi connectivity index (χ3n) is 6.58. The monoisotopic (exact) mass is 480 g/mol. The van der Waals surface area contributed by atoms with Gasteiger partial charge in [0.1, 0.15) is 23.9 Å². The van der Waals surface area contributed by atoms with Crippen molar-refractivity contribution in [2.24, 2.45) is 5.92 Å². The van der Waals surface area contributed by atoms with Gasteiger partial charge in [0.05, 0.1) is 12.5 Å². The number of aliphatic carboxylic acids is 1. The van der Waals surface area contributed by atoms with Gasteiger partial charge in [-0.3, -0.25) is 4.79 Å². The predicted octanol–water partition coefficient (Wildman–Crippen LogP) is 6.85. The fourth-order valence-corrected chi connectivity index (χ4v) is 4.80. The summed E-state index contributed by atoms with van der Waals surface area (Å²) in [4.78, 5) is 10.7. The van der Waals surface area contributed by atoms with Crippen molar-refractivity contribution in [2.45, 2.75) is 51.2 Å².